The summed E-state index contributed by atoms with van der Waals surface area (Å²) in [6.45, 7) is 6.57. The molecular weight excluding hydrogens is 392 g/mol. The molecule has 1 unspecified atom stereocenters. The highest BCUT2D eigenvalue weighted by atomic mass is 16.6. The van der Waals surface area contributed by atoms with Crippen LogP contribution in [0.4, 0.5) is 10.5 Å². The monoisotopic (exact) mass is 420 g/mol. The van der Waals surface area contributed by atoms with Gasteiger partial charge in [-0.2, -0.15) is 10.4 Å². The lowest BCUT2D eigenvalue weighted by atomic mass is 9.94. The number of likely N-dealkylation sites (tertiary alicyclic amines) is 1. The van der Waals surface area contributed by atoms with Crippen LogP contribution in [0.2, 0.25) is 0 Å². The number of nitrogens with one attached hydrogen (secondary N) is 1. The number of ether oxygens (including phenoxy) is 2. The minimum absolute atomic E-state index is 0.126. The maximum atomic E-state index is 12.4. The molecule has 162 valence electrons. The van der Waals surface area contributed by atoms with Crippen molar-refractivity contribution in [3.05, 3.63) is 54.6 Å². The normalized spacial score (nSPS) is 16.9. The molecule has 1 heterocycles. The Bertz CT molecular complexity index is 944. The first kappa shape index (κ1) is 22.2. The molecule has 1 aliphatic heterocycles. The van der Waals surface area contributed by atoms with Gasteiger partial charge in [-0.3, -0.25) is 5.43 Å². The lowest BCUT2D eigenvalue weighted by Gasteiger charge is -2.33. The first-order valence-corrected chi connectivity index (χ1v) is 10.4. The van der Waals surface area contributed by atoms with E-state index in [1.165, 1.54) is 0 Å². The standard InChI is InChI=1S/C24H28N4O3/c1-24(2,3)31-23(29)28-15-7-8-18(17-28)22(16-25)27-26-19-11-13-21(14-12-19)30-20-9-5-4-6-10-20/h4-6,9-14,18,26H,7-8,15,17H2,1-3H3/b27-22+. The highest BCUT2D eigenvalue weighted by Gasteiger charge is 2.30. The van der Waals surface area contributed by atoms with Crippen LogP contribution >= 0.6 is 0 Å². The molecule has 1 fully saturated rings. The second kappa shape index (κ2) is 9.98. The topological polar surface area (TPSA) is 87.0 Å². The largest absolute Gasteiger partial charge is 0.457 e. The van der Waals surface area contributed by atoms with Crippen molar-refractivity contribution in [2.75, 3.05) is 18.5 Å². The lowest BCUT2D eigenvalue weighted by molar-refractivity contribution is 0.0194. The lowest BCUT2D eigenvalue weighted by Crippen LogP contribution is -2.44. The Morgan fingerprint density at radius 1 is 1.13 bits per heavy atom. The summed E-state index contributed by atoms with van der Waals surface area (Å²) >= 11 is 0. The predicted molar refractivity (Wildman–Crippen MR) is 120 cm³/mol. The molecular formula is C24H28N4O3. The molecule has 3 rings (SSSR count). The van der Waals surface area contributed by atoms with E-state index in [-0.39, 0.29) is 12.0 Å². The second-order valence-electron chi connectivity index (χ2n) is 8.43. The van der Waals surface area contributed by atoms with E-state index in [0.717, 1.165) is 24.3 Å². The number of carbonyl (C=O) groups is 1. The van der Waals surface area contributed by atoms with Crippen LogP contribution in [0, 0.1) is 17.2 Å². The average Bonchev–Trinajstić information content (AvgIpc) is 2.75. The third kappa shape index (κ3) is 6.75. The van der Waals surface area contributed by atoms with Crippen LogP contribution in [0.25, 0.3) is 0 Å². The Morgan fingerprint density at radius 2 is 1.81 bits per heavy atom. The van der Waals surface area contributed by atoms with E-state index in [1.54, 1.807) is 4.90 Å². The molecule has 7 heteroatoms. The van der Waals surface area contributed by atoms with Gasteiger partial charge in [0.2, 0.25) is 0 Å². The van der Waals surface area contributed by atoms with Crippen LogP contribution in [0.3, 0.4) is 0 Å². The molecule has 0 spiro atoms. The van der Waals surface area contributed by atoms with Gasteiger partial charge in [0.1, 0.15) is 28.9 Å². The number of nitrogens with zero attached hydrogens (tertiary/aromatic N) is 3. The number of hydrogen-bond donors (Lipinski definition) is 1. The van der Waals surface area contributed by atoms with Crippen molar-refractivity contribution < 1.29 is 14.3 Å². The number of piperidine rings is 1. The summed E-state index contributed by atoms with van der Waals surface area (Å²) in [6, 6.07) is 19.1. The fourth-order valence-electron chi connectivity index (χ4n) is 3.25. The summed E-state index contributed by atoms with van der Waals surface area (Å²) < 4.78 is 11.2. The van der Waals surface area contributed by atoms with Gasteiger partial charge in [0.25, 0.3) is 0 Å². The first-order chi connectivity index (χ1) is 14.8. The van der Waals surface area contributed by atoms with Crippen molar-refractivity contribution in [3.63, 3.8) is 0 Å². The van der Waals surface area contributed by atoms with Crippen LogP contribution in [0.5, 0.6) is 11.5 Å². The molecule has 1 atom stereocenters. The fourth-order valence-corrected chi connectivity index (χ4v) is 3.25. The molecule has 31 heavy (non-hydrogen) atoms. The molecule has 1 N–H and O–H groups in total. The van der Waals surface area contributed by atoms with Crippen molar-refractivity contribution in [2.45, 2.75) is 39.2 Å². The zero-order chi connectivity index (χ0) is 22.3. The summed E-state index contributed by atoms with van der Waals surface area (Å²) in [5.41, 5.74) is 3.51. The molecule has 0 bridgehead atoms. The minimum Gasteiger partial charge on any atom is -0.457 e. The molecule has 7 nitrogen and oxygen atoms in total. The average molecular weight is 421 g/mol. The Hall–Kier alpha value is -3.53. The van der Waals surface area contributed by atoms with Crippen molar-refractivity contribution in [2.24, 2.45) is 11.0 Å². The summed E-state index contributed by atoms with van der Waals surface area (Å²) in [5.74, 6) is 1.35. The zero-order valence-electron chi connectivity index (χ0n) is 18.2. The van der Waals surface area contributed by atoms with E-state index >= 15 is 0 Å². The van der Waals surface area contributed by atoms with Crippen molar-refractivity contribution in [1.29, 1.82) is 5.26 Å². The van der Waals surface area contributed by atoms with E-state index < -0.39 is 5.60 Å². The predicted octanol–water partition coefficient (Wildman–Crippen LogP) is 5.42. The van der Waals surface area contributed by atoms with E-state index in [1.807, 2.05) is 75.4 Å². The number of hydrogen-bond acceptors (Lipinski definition) is 6. The van der Waals surface area contributed by atoms with Crippen molar-refractivity contribution in [1.82, 2.24) is 4.90 Å². The Balaban J connectivity index is 1.60. The minimum atomic E-state index is -0.548. The van der Waals surface area contributed by atoms with Gasteiger partial charge in [-0.25, -0.2) is 4.79 Å². The van der Waals surface area contributed by atoms with Gasteiger partial charge >= 0.3 is 6.09 Å². The molecule has 1 aliphatic rings. The van der Waals surface area contributed by atoms with Crippen LogP contribution in [0.1, 0.15) is 33.6 Å². The van der Waals surface area contributed by atoms with Crippen LogP contribution in [-0.4, -0.2) is 35.4 Å². The third-order valence-corrected chi connectivity index (χ3v) is 4.71. The van der Waals surface area contributed by atoms with Gasteiger partial charge in [-0.15, -0.1) is 0 Å². The Morgan fingerprint density at radius 3 is 2.45 bits per heavy atom. The maximum absolute atomic E-state index is 12.4. The molecule has 0 aliphatic carbocycles. The molecule has 1 saturated heterocycles. The van der Waals surface area contributed by atoms with Gasteiger partial charge in [-0.1, -0.05) is 18.2 Å². The van der Waals surface area contributed by atoms with E-state index in [9.17, 15) is 10.1 Å². The van der Waals surface area contributed by atoms with Gasteiger partial charge in [0.05, 0.1) is 5.69 Å². The summed E-state index contributed by atoms with van der Waals surface area (Å²) in [6.07, 6.45) is 1.25. The number of rotatable bonds is 5. The van der Waals surface area contributed by atoms with Crippen molar-refractivity contribution >= 4 is 17.5 Å². The summed E-state index contributed by atoms with van der Waals surface area (Å²) in [5, 5.41) is 13.9. The molecule has 2 aromatic carbocycles. The van der Waals surface area contributed by atoms with Gasteiger partial charge < -0.3 is 14.4 Å². The zero-order valence-corrected chi connectivity index (χ0v) is 18.2. The highest BCUT2D eigenvalue weighted by molar-refractivity contribution is 6.01. The molecule has 2 aromatic rings. The number of nitriles is 1. The number of hydrazone groups is 1. The quantitative estimate of drug-likeness (QED) is 0.516. The smallest absolute Gasteiger partial charge is 0.410 e. The number of benzene rings is 2. The first-order valence-electron chi connectivity index (χ1n) is 10.4. The fraction of sp³-hybridized carbons (Fsp3) is 0.375. The van der Waals surface area contributed by atoms with Gasteiger partial charge in [0.15, 0.2) is 0 Å². The van der Waals surface area contributed by atoms with E-state index in [4.69, 9.17) is 9.47 Å². The molecule has 0 saturated carbocycles. The molecule has 1 amide bonds. The van der Waals surface area contributed by atoms with Crippen LogP contribution < -0.4 is 10.2 Å². The SMILES string of the molecule is CC(C)(C)OC(=O)N1CCCC(/C(C#N)=N/Nc2ccc(Oc3ccccc3)cc2)C1. The third-order valence-electron chi connectivity index (χ3n) is 4.71. The summed E-state index contributed by atoms with van der Waals surface area (Å²) in [7, 11) is 0. The maximum Gasteiger partial charge on any atom is 0.410 e. The van der Waals surface area contributed by atoms with Crippen molar-refractivity contribution in [3.8, 4) is 17.6 Å². The highest BCUT2D eigenvalue weighted by Crippen LogP contribution is 2.24. The van der Waals surface area contributed by atoms with Gasteiger partial charge in [-0.05, 0) is 70.0 Å². The Kier molecular flexibility index (Phi) is 7.14. The van der Waals surface area contributed by atoms with E-state index in [0.29, 0.717) is 24.6 Å². The number of carbonyl (C=O) groups excluding carboxylic acids is 1. The summed E-state index contributed by atoms with van der Waals surface area (Å²) in [4.78, 5) is 14.0. The van der Waals surface area contributed by atoms with Crippen LogP contribution in [0.15, 0.2) is 59.7 Å². The number of amides is 1. The van der Waals surface area contributed by atoms with E-state index in [2.05, 4.69) is 16.6 Å². The molecule has 0 radical (unpaired) electrons. The molecule has 0 aromatic heterocycles. The Labute approximate surface area is 183 Å². The van der Waals surface area contributed by atoms with Gasteiger partial charge in [0, 0.05) is 19.0 Å². The number of anilines is 1. The second-order valence-corrected chi connectivity index (χ2v) is 8.43. The van der Waals surface area contributed by atoms with Crippen LogP contribution in [-0.2, 0) is 4.74 Å². The number of para-hydroxylation sites is 1.